The Morgan fingerprint density at radius 3 is 2.71 bits per heavy atom. The maximum Gasteiger partial charge on any atom is 0.152 e. The maximum absolute atomic E-state index is 6.76. The third kappa shape index (κ3) is 3.51. The number of nitrogens with two attached hydrogens (primary N) is 1. The first kappa shape index (κ1) is 22.2. The molecular weight excluding hydrogens is 485 g/mol. The monoisotopic (exact) mass is 509 g/mol. The number of fused-ring (bicyclic) bond motifs is 2. The number of piperidine rings is 1. The zero-order valence-electron chi connectivity index (χ0n) is 18.8. The second kappa shape index (κ2) is 8.45. The van der Waals surface area contributed by atoms with Crippen LogP contribution in [0.5, 0.6) is 0 Å². The molecular formula is C26H25Cl2N5S. The molecule has 0 bridgehead atoms. The molecule has 1 aliphatic heterocycles. The second-order valence-electron chi connectivity index (χ2n) is 9.33. The van der Waals surface area contributed by atoms with E-state index in [1.807, 2.05) is 42.9 Å². The molecule has 5 nitrogen and oxygen atoms in total. The largest absolute Gasteiger partial charge is 0.358 e. The van der Waals surface area contributed by atoms with E-state index in [1.165, 1.54) is 22.6 Å². The normalized spacial score (nSPS) is 19.2. The van der Waals surface area contributed by atoms with Crippen LogP contribution in [0.25, 0.3) is 5.65 Å². The summed E-state index contributed by atoms with van der Waals surface area (Å²) >= 11 is 14.3. The Hall–Kier alpha value is -2.25. The van der Waals surface area contributed by atoms with Crippen molar-refractivity contribution in [1.82, 2.24) is 14.4 Å². The number of pyridine rings is 2. The smallest absolute Gasteiger partial charge is 0.152 e. The highest BCUT2D eigenvalue weighted by Crippen LogP contribution is 2.50. The molecule has 8 heteroatoms. The van der Waals surface area contributed by atoms with Crippen LogP contribution in [0.4, 0.5) is 5.82 Å². The Morgan fingerprint density at radius 1 is 1.09 bits per heavy atom. The minimum absolute atomic E-state index is 0.0644. The molecule has 1 aromatic carbocycles. The predicted molar refractivity (Wildman–Crippen MR) is 139 cm³/mol. The summed E-state index contributed by atoms with van der Waals surface area (Å²) in [4.78, 5) is 13.8. The molecule has 174 valence electrons. The van der Waals surface area contributed by atoms with Crippen molar-refractivity contribution < 1.29 is 0 Å². The van der Waals surface area contributed by atoms with Gasteiger partial charge in [0.15, 0.2) is 5.65 Å². The quantitative estimate of drug-likeness (QED) is 0.349. The number of hydrogen-bond donors (Lipinski definition) is 1. The van der Waals surface area contributed by atoms with Gasteiger partial charge in [-0.1, -0.05) is 47.1 Å². The maximum atomic E-state index is 6.76. The van der Waals surface area contributed by atoms with Gasteiger partial charge in [0, 0.05) is 48.3 Å². The number of nitrogens with zero attached hydrogens (tertiary/aromatic N) is 4. The molecule has 0 radical (unpaired) electrons. The lowest BCUT2D eigenvalue weighted by molar-refractivity contribution is 0.186. The van der Waals surface area contributed by atoms with Crippen LogP contribution in [-0.4, -0.2) is 27.5 Å². The number of anilines is 1. The van der Waals surface area contributed by atoms with Crippen LogP contribution in [-0.2, 0) is 6.42 Å². The Labute approximate surface area is 213 Å². The lowest BCUT2D eigenvalue weighted by Gasteiger charge is -2.43. The number of rotatable bonds is 3. The second-order valence-corrected chi connectivity index (χ2v) is 11.2. The molecule has 1 unspecified atom stereocenters. The Bertz CT molecular complexity index is 1390. The van der Waals surface area contributed by atoms with Crippen molar-refractivity contribution in [2.75, 3.05) is 18.0 Å². The highest BCUT2D eigenvalue weighted by Gasteiger charge is 2.46. The van der Waals surface area contributed by atoms with E-state index >= 15 is 0 Å². The Balaban J connectivity index is 1.29. The van der Waals surface area contributed by atoms with Gasteiger partial charge < -0.3 is 10.6 Å². The number of aryl methyl sites for hydroxylation is 1. The van der Waals surface area contributed by atoms with Gasteiger partial charge in [0.1, 0.15) is 5.82 Å². The molecule has 1 fully saturated rings. The topological polar surface area (TPSA) is 59.5 Å². The molecule has 0 amide bonds. The molecule has 6 rings (SSSR count). The van der Waals surface area contributed by atoms with Gasteiger partial charge in [0.05, 0.1) is 14.9 Å². The van der Waals surface area contributed by atoms with Crippen LogP contribution in [0.15, 0.2) is 64.8 Å². The molecule has 1 saturated heterocycles. The summed E-state index contributed by atoms with van der Waals surface area (Å²) in [6, 6.07) is 12.2. The average Bonchev–Trinajstić information content (AvgIpc) is 3.43. The van der Waals surface area contributed by atoms with Crippen LogP contribution in [0.1, 0.15) is 35.7 Å². The fourth-order valence-electron chi connectivity index (χ4n) is 5.53. The van der Waals surface area contributed by atoms with Crippen molar-refractivity contribution in [3.8, 4) is 0 Å². The predicted octanol–water partition coefficient (Wildman–Crippen LogP) is 6.34. The zero-order chi connectivity index (χ0) is 23.4. The average molecular weight is 510 g/mol. The van der Waals surface area contributed by atoms with Gasteiger partial charge in [-0.2, -0.15) is 0 Å². The standard InChI is InChI=1S/C26H25Cl2N5S/c1-16-14-21(32-11-7-26(8-12-32)15-19-17(24(26)29)4-3-9-30-19)33-13-10-31-25(33)23(16)34-20-6-2-5-18(27)22(20)28/h2-6,9-10,13-14,24H,7-8,11-12,15,29H2,1H3. The van der Waals surface area contributed by atoms with Gasteiger partial charge in [-0.05, 0) is 67.0 Å². The number of halogens is 2. The summed E-state index contributed by atoms with van der Waals surface area (Å²) in [5.41, 5.74) is 11.4. The van der Waals surface area contributed by atoms with Gasteiger partial charge in [-0.25, -0.2) is 4.98 Å². The lowest BCUT2D eigenvalue weighted by Crippen LogP contribution is -2.44. The summed E-state index contributed by atoms with van der Waals surface area (Å²) in [5.74, 6) is 1.17. The van der Waals surface area contributed by atoms with Crippen molar-refractivity contribution in [2.24, 2.45) is 11.1 Å². The molecule has 2 aliphatic rings. The van der Waals surface area contributed by atoms with Crippen molar-refractivity contribution in [1.29, 1.82) is 0 Å². The fourth-order valence-corrected chi connectivity index (χ4v) is 7.03. The first-order valence-electron chi connectivity index (χ1n) is 11.5. The van der Waals surface area contributed by atoms with E-state index in [0.717, 1.165) is 47.8 Å². The summed E-state index contributed by atoms with van der Waals surface area (Å²) in [7, 11) is 0. The molecule has 1 spiro atoms. The first-order chi connectivity index (χ1) is 16.5. The van der Waals surface area contributed by atoms with E-state index < -0.39 is 0 Å². The minimum Gasteiger partial charge on any atom is -0.358 e. The van der Waals surface area contributed by atoms with E-state index in [0.29, 0.717) is 10.0 Å². The SMILES string of the molecule is Cc1cc(N2CCC3(CC2)Cc2ncccc2C3N)n2ccnc2c1Sc1cccc(Cl)c1Cl. The van der Waals surface area contributed by atoms with Gasteiger partial charge in [0.2, 0.25) is 0 Å². The van der Waals surface area contributed by atoms with E-state index in [1.54, 1.807) is 11.8 Å². The minimum atomic E-state index is 0.0644. The van der Waals surface area contributed by atoms with Gasteiger partial charge in [-0.15, -0.1) is 0 Å². The van der Waals surface area contributed by atoms with E-state index in [-0.39, 0.29) is 11.5 Å². The molecule has 4 heterocycles. The van der Waals surface area contributed by atoms with Crippen molar-refractivity contribution in [3.63, 3.8) is 0 Å². The van der Waals surface area contributed by atoms with E-state index in [9.17, 15) is 0 Å². The number of aromatic nitrogens is 3. The van der Waals surface area contributed by atoms with Gasteiger partial charge >= 0.3 is 0 Å². The zero-order valence-corrected chi connectivity index (χ0v) is 21.2. The van der Waals surface area contributed by atoms with Crippen LogP contribution in [0.2, 0.25) is 10.0 Å². The van der Waals surface area contributed by atoms with Crippen molar-refractivity contribution >= 4 is 46.4 Å². The van der Waals surface area contributed by atoms with Gasteiger partial charge in [-0.3, -0.25) is 9.38 Å². The van der Waals surface area contributed by atoms with E-state index in [2.05, 4.69) is 33.3 Å². The summed E-state index contributed by atoms with van der Waals surface area (Å²) in [6.07, 6.45) is 8.87. The molecule has 34 heavy (non-hydrogen) atoms. The van der Waals surface area contributed by atoms with Crippen LogP contribution >= 0.6 is 35.0 Å². The number of hydrogen-bond acceptors (Lipinski definition) is 5. The highest BCUT2D eigenvalue weighted by atomic mass is 35.5. The van der Waals surface area contributed by atoms with Crippen molar-refractivity contribution in [2.45, 2.75) is 42.0 Å². The summed E-state index contributed by atoms with van der Waals surface area (Å²) in [5, 5.41) is 1.14. The molecule has 4 aromatic rings. The van der Waals surface area contributed by atoms with Crippen molar-refractivity contribution in [3.05, 3.63) is 81.9 Å². The number of benzene rings is 1. The summed E-state index contributed by atoms with van der Waals surface area (Å²) < 4.78 is 2.19. The van der Waals surface area contributed by atoms with Gasteiger partial charge in [0.25, 0.3) is 0 Å². The first-order valence-corrected chi connectivity index (χ1v) is 13.1. The van der Waals surface area contributed by atoms with Crippen LogP contribution < -0.4 is 10.6 Å². The molecule has 3 aromatic heterocycles. The highest BCUT2D eigenvalue weighted by molar-refractivity contribution is 7.99. The molecule has 0 saturated carbocycles. The van der Waals surface area contributed by atoms with Crippen LogP contribution in [0, 0.1) is 12.3 Å². The molecule has 2 N–H and O–H groups in total. The third-order valence-corrected chi connectivity index (χ3v) is 9.65. The third-order valence-electron chi connectivity index (χ3n) is 7.45. The number of imidazole rings is 1. The summed E-state index contributed by atoms with van der Waals surface area (Å²) in [6.45, 7) is 4.06. The Kier molecular flexibility index (Phi) is 5.52. The Morgan fingerprint density at radius 2 is 1.91 bits per heavy atom. The molecule has 1 aliphatic carbocycles. The molecule has 1 atom stereocenters. The fraction of sp³-hybridized carbons (Fsp3) is 0.308. The van der Waals surface area contributed by atoms with E-state index in [4.69, 9.17) is 33.9 Å². The lowest BCUT2D eigenvalue weighted by atomic mass is 9.73. The van der Waals surface area contributed by atoms with Crippen LogP contribution in [0.3, 0.4) is 0 Å².